The van der Waals surface area contributed by atoms with E-state index in [2.05, 4.69) is 4.98 Å². The molecule has 0 aliphatic heterocycles. The van der Waals surface area contributed by atoms with Gasteiger partial charge < -0.3 is 4.57 Å². The fraction of sp³-hybridized carbons (Fsp3) is 0.118. The standard InChI is InChI=1S/C17H14F2N2/c1-2-21-11-20-16(12-3-7-14(18)8-4-12)17(21)13-5-9-15(19)10-6-13/h3-11H,2H2,1H3. The zero-order valence-electron chi connectivity index (χ0n) is 11.6. The van der Waals surface area contributed by atoms with Crippen LogP contribution in [-0.2, 0) is 6.54 Å². The van der Waals surface area contributed by atoms with Gasteiger partial charge >= 0.3 is 0 Å². The van der Waals surface area contributed by atoms with Crippen LogP contribution in [0.25, 0.3) is 22.5 Å². The molecule has 3 aromatic rings. The number of nitrogens with zero attached hydrogens (tertiary/aromatic N) is 2. The van der Waals surface area contributed by atoms with E-state index >= 15 is 0 Å². The molecule has 0 bridgehead atoms. The number of imidazole rings is 1. The maximum Gasteiger partial charge on any atom is 0.123 e. The topological polar surface area (TPSA) is 17.8 Å². The van der Waals surface area contributed by atoms with Crippen molar-refractivity contribution in [3.8, 4) is 22.5 Å². The summed E-state index contributed by atoms with van der Waals surface area (Å²) in [5, 5.41) is 0. The lowest BCUT2D eigenvalue weighted by atomic mass is 10.0. The second-order valence-electron chi connectivity index (χ2n) is 4.74. The van der Waals surface area contributed by atoms with Crippen LogP contribution in [0.5, 0.6) is 0 Å². The quantitative estimate of drug-likeness (QED) is 0.691. The number of hydrogen-bond donors (Lipinski definition) is 0. The van der Waals surface area contributed by atoms with E-state index in [9.17, 15) is 8.78 Å². The summed E-state index contributed by atoms with van der Waals surface area (Å²) in [5.41, 5.74) is 3.39. The molecule has 0 atom stereocenters. The molecule has 1 aromatic heterocycles. The third kappa shape index (κ3) is 2.57. The zero-order chi connectivity index (χ0) is 14.8. The van der Waals surface area contributed by atoms with E-state index in [0.717, 1.165) is 29.1 Å². The summed E-state index contributed by atoms with van der Waals surface area (Å²) in [5.74, 6) is -0.554. The Morgan fingerprint density at radius 2 is 1.38 bits per heavy atom. The molecule has 0 N–H and O–H groups in total. The van der Waals surface area contributed by atoms with Gasteiger partial charge in [0.25, 0.3) is 0 Å². The fourth-order valence-corrected chi connectivity index (χ4v) is 2.35. The maximum absolute atomic E-state index is 13.1. The fourth-order valence-electron chi connectivity index (χ4n) is 2.35. The molecule has 0 radical (unpaired) electrons. The van der Waals surface area contributed by atoms with Crippen LogP contribution in [0.15, 0.2) is 54.9 Å². The second-order valence-corrected chi connectivity index (χ2v) is 4.74. The van der Waals surface area contributed by atoms with Crippen LogP contribution in [0.1, 0.15) is 6.92 Å². The summed E-state index contributed by atoms with van der Waals surface area (Å²) in [6, 6.07) is 12.5. The van der Waals surface area contributed by atoms with Gasteiger partial charge in [0, 0.05) is 17.7 Å². The molecule has 0 aliphatic carbocycles. The first kappa shape index (κ1) is 13.5. The van der Waals surface area contributed by atoms with Gasteiger partial charge in [0.15, 0.2) is 0 Å². The van der Waals surface area contributed by atoms with Gasteiger partial charge in [0.1, 0.15) is 11.6 Å². The SMILES string of the molecule is CCn1cnc(-c2ccc(F)cc2)c1-c1ccc(F)cc1. The van der Waals surface area contributed by atoms with E-state index in [1.165, 1.54) is 24.3 Å². The first-order valence-corrected chi connectivity index (χ1v) is 6.76. The summed E-state index contributed by atoms with van der Waals surface area (Å²) in [6.45, 7) is 2.77. The van der Waals surface area contributed by atoms with Crippen LogP contribution in [-0.4, -0.2) is 9.55 Å². The Hall–Kier alpha value is -2.49. The Balaban J connectivity index is 2.16. The van der Waals surface area contributed by atoms with Gasteiger partial charge in [-0.05, 0) is 55.5 Å². The van der Waals surface area contributed by atoms with Crippen molar-refractivity contribution in [1.29, 1.82) is 0 Å². The van der Waals surface area contributed by atoms with Crippen molar-refractivity contribution in [2.45, 2.75) is 13.5 Å². The first-order valence-electron chi connectivity index (χ1n) is 6.76. The summed E-state index contributed by atoms with van der Waals surface area (Å²) in [6.07, 6.45) is 1.75. The molecular weight excluding hydrogens is 270 g/mol. The molecule has 3 rings (SSSR count). The van der Waals surface area contributed by atoms with E-state index in [0.29, 0.717) is 0 Å². The lowest BCUT2D eigenvalue weighted by molar-refractivity contribution is 0.627. The highest BCUT2D eigenvalue weighted by Gasteiger charge is 2.14. The first-order chi connectivity index (χ1) is 10.2. The molecule has 0 fully saturated rings. The Bertz CT molecular complexity index is 743. The van der Waals surface area contributed by atoms with Crippen LogP contribution in [0.3, 0.4) is 0 Å². The van der Waals surface area contributed by atoms with Crippen molar-refractivity contribution in [3.63, 3.8) is 0 Å². The van der Waals surface area contributed by atoms with Crippen molar-refractivity contribution in [1.82, 2.24) is 9.55 Å². The summed E-state index contributed by atoms with van der Waals surface area (Å²) >= 11 is 0. The van der Waals surface area contributed by atoms with Crippen LogP contribution < -0.4 is 0 Å². The monoisotopic (exact) mass is 284 g/mol. The Labute approximate surface area is 121 Å². The number of benzene rings is 2. The molecule has 0 amide bonds. The van der Waals surface area contributed by atoms with Gasteiger partial charge in [0.2, 0.25) is 0 Å². The van der Waals surface area contributed by atoms with Gasteiger partial charge in [-0.3, -0.25) is 0 Å². The second kappa shape index (κ2) is 5.48. The minimum absolute atomic E-state index is 0.273. The lowest BCUT2D eigenvalue weighted by Gasteiger charge is -2.09. The predicted molar refractivity (Wildman–Crippen MR) is 78.7 cm³/mol. The summed E-state index contributed by atoms with van der Waals surface area (Å²) in [7, 11) is 0. The molecule has 106 valence electrons. The normalized spacial score (nSPS) is 10.8. The number of halogens is 2. The van der Waals surface area contributed by atoms with Crippen molar-refractivity contribution < 1.29 is 8.78 Å². The number of aryl methyl sites for hydroxylation is 1. The average Bonchev–Trinajstić information content (AvgIpc) is 2.93. The highest BCUT2D eigenvalue weighted by atomic mass is 19.1. The van der Waals surface area contributed by atoms with Gasteiger partial charge in [-0.1, -0.05) is 0 Å². The molecule has 1 heterocycles. The Morgan fingerprint density at radius 1 is 0.857 bits per heavy atom. The Kier molecular flexibility index (Phi) is 3.52. The van der Waals surface area contributed by atoms with Crippen LogP contribution in [0.4, 0.5) is 8.78 Å². The minimum Gasteiger partial charge on any atom is -0.330 e. The number of hydrogen-bond acceptors (Lipinski definition) is 1. The van der Waals surface area contributed by atoms with E-state index in [-0.39, 0.29) is 11.6 Å². The van der Waals surface area contributed by atoms with Crippen molar-refractivity contribution in [2.75, 3.05) is 0 Å². The van der Waals surface area contributed by atoms with Gasteiger partial charge in [-0.25, -0.2) is 13.8 Å². The van der Waals surface area contributed by atoms with E-state index in [1.807, 2.05) is 11.5 Å². The smallest absolute Gasteiger partial charge is 0.123 e. The molecule has 21 heavy (non-hydrogen) atoms. The predicted octanol–water partition coefficient (Wildman–Crippen LogP) is 4.52. The molecule has 0 saturated carbocycles. The lowest BCUT2D eigenvalue weighted by Crippen LogP contribution is -1.96. The largest absolute Gasteiger partial charge is 0.330 e. The van der Waals surface area contributed by atoms with Gasteiger partial charge in [0.05, 0.1) is 17.7 Å². The van der Waals surface area contributed by atoms with Crippen molar-refractivity contribution >= 4 is 0 Å². The third-order valence-electron chi connectivity index (χ3n) is 3.41. The van der Waals surface area contributed by atoms with Crippen molar-refractivity contribution in [2.24, 2.45) is 0 Å². The highest BCUT2D eigenvalue weighted by molar-refractivity contribution is 5.78. The zero-order valence-corrected chi connectivity index (χ0v) is 11.6. The molecular formula is C17H14F2N2. The third-order valence-corrected chi connectivity index (χ3v) is 3.41. The molecule has 0 saturated heterocycles. The Morgan fingerprint density at radius 3 is 1.90 bits per heavy atom. The maximum atomic E-state index is 13.1. The average molecular weight is 284 g/mol. The summed E-state index contributed by atoms with van der Waals surface area (Å²) < 4.78 is 28.2. The molecule has 0 spiro atoms. The van der Waals surface area contributed by atoms with Crippen LogP contribution in [0, 0.1) is 11.6 Å². The summed E-state index contributed by atoms with van der Waals surface area (Å²) in [4.78, 5) is 4.43. The molecule has 2 nitrogen and oxygen atoms in total. The number of rotatable bonds is 3. The highest BCUT2D eigenvalue weighted by Crippen LogP contribution is 2.31. The van der Waals surface area contributed by atoms with Crippen LogP contribution >= 0.6 is 0 Å². The minimum atomic E-state index is -0.281. The number of aromatic nitrogens is 2. The molecule has 4 heteroatoms. The molecule has 2 aromatic carbocycles. The van der Waals surface area contributed by atoms with Gasteiger partial charge in [-0.15, -0.1) is 0 Å². The van der Waals surface area contributed by atoms with E-state index in [1.54, 1.807) is 30.6 Å². The van der Waals surface area contributed by atoms with Crippen LogP contribution in [0.2, 0.25) is 0 Å². The van der Waals surface area contributed by atoms with E-state index in [4.69, 9.17) is 0 Å². The van der Waals surface area contributed by atoms with Crippen molar-refractivity contribution in [3.05, 3.63) is 66.5 Å². The molecule has 0 aliphatic rings. The van der Waals surface area contributed by atoms with Gasteiger partial charge in [-0.2, -0.15) is 0 Å². The van der Waals surface area contributed by atoms with E-state index < -0.39 is 0 Å². The molecule has 0 unspecified atom stereocenters.